The predicted molar refractivity (Wildman–Crippen MR) is 76.8 cm³/mol. The minimum Gasteiger partial charge on any atom is -0.312 e. The van der Waals surface area contributed by atoms with Crippen LogP contribution in [0.4, 0.5) is 0 Å². The summed E-state index contributed by atoms with van der Waals surface area (Å²) in [6.07, 6.45) is 3.35. The Kier molecular flexibility index (Phi) is 3.34. The number of hydrogen-bond acceptors (Lipinski definition) is 3. The molecule has 2 aliphatic rings. The SMILES string of the molecule is Cc1ccc2c(c1)C(=O)N(C(C)C1CCCCN1)C2=O. The zero-order valence-corrected chi connectivity index (χ0v) is 12.0. The summed E-state index contributed by atoms with van der Waals surface area (Å²) in [6.45, 7) is 4.88. The average molecular weight is 272 g/mol. The molecule has 2 heterocycles. The number of nitrogens with one attached hydrogen (secondary N) is 1. The van der Waals surface area contributed by atoms with Crippen LogP contribution < -0.4 is 5.32 Å². The maximum absolute atomic E-state index is 12.5. The Labute approximate surface area is 119 Å². The lowest BCUT2D eigenvalue weighted by atomic mass is 9.98. The molecule has 20 heavy (non-hydrogen) atoms. The second kappa shape index (κ2) is 5.02. The first-order chi connectivity index (χ1) is 9.59. The van der Waals surface area contributed by atoms with E-state index in [0.29, 0.717) is 11.1 Å². The molecule has 0 saturated carbocycles. The molecule has 1 N–H and O–H groups in total. The van der Waals surface area contributed by atoms with Gasteiger partial charge in [0.25, 0.3) is 11.8 Å². The van der Waals surface area contributed by atoms with E-state index in [4.69, 9.17) is 0 Å². The van der Waals surface area contributed by atoms with Crippen molar-refractivity contribution in [1.82, 2.24) is 10.2 Å². The molecule has 4 heteroatoms. The van der Waals surface area contributed by atoms with Crippen LogP contribution in [0.5, 0.6) is 0 Å². The first-order valence-electron chi connectivity index (χ1n) is 7.31. The van der Waals surface area contributed by atoms with Gasteiger partial charge < -0.3 is 5.32 Å². The molecule has 0 bridgehead atoms. The quantitative estimate of drug-likeness (QED) is 0.839. The van der Waals surface area contributed by atoms with E-state index in [1.54, 1.807) is 6.07 Å². The summed E-state index contributed by atoms with van der Waals surface area (Å²) in [6, 6.07) is 5.59. The first kappa shape index (κ1) is 13.3. The van der Waals surface area contributed by atoms with Crippen LogP contribution in [0.3, 0.4) is 0 Å². The van der Waals surface area contributed by atoms with Gasteiger partial charge in [-0.05, 0) is 45.4 Å². The van der Waals surface area contributed by atoms with E-state index in [2.05, 4.69) is 5.32 Å². The fraction of sp³-hybridized carbons (Fsp3) is 0.500. The maximum atomic E-state index is 12.5. The Hall–Kier alpha value is -1.68. The summed E-state index contributed by atoms with van der Waals surface area (Å²) >= 11 is 0. The summed E-state index contributed by atoms with van der Waals surface area (Å²) in [5.41, 5.74) is 2.11. The van der Waals surface area contributed by atoms with Crippen molar-refractivity contribution in [3.8, 4) is 0 Å². The molecule has 0 radical (unpaired) electrons. The molecule has 0 spiro atoms. The molecular formula is C16H20N2O2. The van der Waals surface area contributed by atoms with Crippen molar-refractivity contribution in [2.24, 2.45) is 0 Å². The topological polar surface area (TPSA) is 49.4 Å². The molecule has 4 nitrogen and oxygen atoms in total. The van der Waals surface area contributed by atoms with Crippen LogP contribution >= 0.6 is 0 Å². The Bertz CT molecular complexity index is 562. The Balaban J connectivity index is 1.89. The van der Waals surface area contributed by atoms with E-state index < -0.39 is 0 Å². The van der Waals surface area contributed by atoms with Gasteiger partial charge in [-0.15, -0.1) is 0 Å². The summed E-state index contributed by atoms with van der Waals surface area (Å²) in [5, 5.41) is 3.43. The number of piperidine rings is 1. The second-order valence-corrected chi connectivity index (χ2v) is 5.83. The van der Waals surface area contributed by atoms with Crippen molar-refractivity contribution >= 4 is 11.8 Å². The Morgan fingerprint density at radius 1 is 1.20 bits per heavy atom. The molecule has 0 aromatic heterocycles. The van der Waals surface area contributed by atoms with Gasteiger partial charge in [0.05, 0.1) is 17.2 Å². The first-order valence-corrected chi connectivity index (χ1v) is 7.31. The van der Waals surface area contributed by atoms with Crippen LogP contribution in [0.2, 0.25) is 0 Å². The smallest absolute Gasteiger partial charge is 0.261 e. The maximum Gasteiger partial charge on any atom is 0.261 e. The van der Waals surface area contributed by atoms with Crippen LogP contribution in [0.15, 0.2) is 18.2 Å². The van der Waals surface area contributed by atoms with Gasteiger partial charge in [0, 0.05) is 6.04 Å². The number of carbonyl (C=O) groups is 2. The number of carbonyl (C=O) groups excluding carboxylic acids is 2. The van der Waals surface area contributed by atoms with Gasteiger partial charge >= 0.3 is 0 Å². The highest BCUT2D eigenvalue weighted by molar-refractivity contribution is 6.21. The normalized spacial score (nSPS) is 23.9. The minimum absolute atomic E-state index is 0.0944. The highest BCUT2D eigenvalue weighted by Gasteiger charge is 2.40. The Morgan fingerprint density at radius 3 is 2.65 bits per heavy atom. The van der Waals surface area contributed by atoms with Gasteiger partial charge in [-0.1, -0.05) is 18.1 Å². The van der Waals surface area contributed by atoms with Crippen molar-refractivity contribution in [2.75, 3.05) is 6.54 Å². The fourth-order valence-electron chi connectivity index (χ4n) is 3.21. The van der Waals surface area contributed by atoms with Crippen LogP contribution in [0.25, 0.3) is 0 Å². The molecule has 0 aliphatic carbocycles. The monoisotopic (exact) mass is 272 g/mol. The van der Waals surface area contributed by atoms with Gasteiger partial charge in [0.1, 0.15) is 0 Å². The van der Waals surface area contributed by atoms with Gasteiger partial charge in [0.2, 0.25) is 0 Å². The van der Waals surface area contributed by atoms with E-state index in [0.717, 1.165) is 24.9 Å². The van der Waals surface area contributed by atoms with Gasteiger partial charge in [-0.3, -0.25) is 14.5 Å². The molecule has 1 aromatic rings. The third kappa shape index (κ3) is 2.04. The number of nitrogens with zero attached hydrogens (tertiary/aromatic N) is 1. The van der Waals surface area contributed by atoms with E-state index in [1.165, 1.54) is 11.3 Å². The minimum atomic E-state index is -0.148. The number of benzene rings is 1. The van der Waals surface area contributed by atoms with Crippen molar-refractivity contribution in [3.63, 3.8) is 0 Å². The molecule has 2 atom stereocenters. The second-order valence-electron chi connectivity index (χ2n) is 5.83. The highest BCUT2D eigenvalue weighted by Crippen LogP contribution is 2.27. The third-order valence-electron chi connectivity index (χ3n) is 4.41. The van der Waals surface area contributed by atoms with Crippen molar-refractivity contribution in [3.05, 3.63) is 34.9 Å². The van der Waals surface area contributed by atoms with E-state index in [9.17, 15) is 9.59 Å². The number of amides is 2. The van der Waals surface area contributed by atoms with Crippen LogP contribution in [-0.4, -0.2) is 35.3 Å². The lowest BCUT2D eigenvalue weighted by Crippen LogP contribution is -2.52. The predicted octanol–water partition coefficient (Wildman–Crippen LogP) is 2.12. The van der Waals surface area contributed by atoms with Crippen molar-refractivity contribution in [2.45, 2.75) is 45.2 Å². The van der Waals surface area contributed by atoms with Gasteiger partial charge in [0.15, 0.2) is 0 Å². The molecule has 2 unspecified atom stereocenters. The number of fused-ring (bicyclic) bond motifs is 1. The van der Waals surface area contributed by atoms with Crippen LogP contribution in [0, 0.1) is 6.92 Å². The molecule has 1 aromatic carbocycles. The van der Waals surface area contributed by atoms with Crippen molar-refractivity contribution in [1.29, 1.82) is 0 Å². The summed E-state index contributed by atoms with van der Waals surface area (Å²) in [4.78, 5) is 26.4. The van der Waals surface area contributed by atoms with E-state index >= 15 is 0 Å². The van der Waals surface area contributed by atoms with E-state index in [-0.39, 0.29) is 23.9 Å². The third-order valence-corrected chi connectivity index (χ3v) is 4.41. The fourth-order valence-corrected chi connectivity index (χ4v) is 3.21. The Morgan fingerprint density at radius 2 is 1.95 bits per heavy atom. The van der Waals surface area contributed by atoms with E-state index in [1.807, 2.05) is 26.0 Å². The number of rotatable bonds is 2. The van der Waals surface area contributed by atoms with Gasteiger partial charge in [-0.2, -0.15) is 0 Å². The van der Waals surface area contributed by atoms with Gasteiger partial charge in [-0.25, -0.2) is 0 Å². The number of hydrogen-bond donors (Lipinski definition) is 1. The van der Waals surface area contributed by atoms with Crippen LogP contribution in [0.1, 0.15) is 52.5 Å². The zero-order chi connectivity index (χ0) is 14.3. The number of aryl methyl sites for hydroxylation is 1. The molecule has 106 valence electrons. The lowest BCUT2D eigenvalue weighted by molar-refractivity contribution is 0.0552. The zero-order valence-electron chi connectivity index (χ0n) is 12.0. The highest BCUT2D eigenvalue weighted by atomic mass is 16.2. The molecule has 2 aliphatic heterocycles. The molecule has 1 saturated heterocycles. The average Bonchev–Trinajstić information content (AvgIpc) is 2.71. The summed E-state index contributed by atoms with van der Waals surface area (Å²) in [5.74, 6) is -0.293. The molecule has 1 fully saturated rings. The largest absolute Gasteiger partial charge is 0.312 e. The number of imide groups is 1. The summed E-state index contributed by atoms with van der Waals surface area (Å²) < 4.78 is 0. The van der Waals surface area contributed by atoms with Crippen LogP contribution in [-0.2, 0) is 0 Å². The molecule has 3 rings (SSSR count). The summed E-state index contributed by atoms with van der Waals surface area (Å²) in [7, 11) is 0. The molecular weight excluding hydrogens is 252 g/mol. The molecule has 2 amide bonds. The van der Waals surface area contributed by atoms with Crippen molar-refractivity contribution < 1.29 is 9.59 Å². The lowest BCUT2D eigenvalue weighted by Gasteiger charge is -2.33. The standard InChI is InChI=1S/C16H20N2O2/c1-10-6-7-12-13(9-10)16(20)18(15(12)19)11(2)14-5-3-4-8-17-14/h6-7,9,11,14,17H,3-5,8H2,1-2H3.